The zero-order valence-corrected chi connectivity index (χ0v) is 31.9. The number of ketones is 3. The monoisotopic (exact) mass is 918 g/mol. The van der Waals surface area contributed by atoms with E-state index in [4.69, 9.17) is 0 Å². The van der Waals surface area contributed by atoms with Gasteiger partial charge in [-0.05, 0) is 72.5 Å². The molecule has 0 saturated heterocycles. The molecule has 0 aliphatic heterocycles. The maximum Gasteiger partial charge on any atom is 0.449 e. The first-order valence-electron chi connectivity index (χ1n) is 16.8. The second-order valence-electron chi connectivity index (χ2n) is 17.2. The first-order valence-corrected chi connectivity index (χ1v) is 16.8. The van der Waals surface area contributed by atoms with Gasteiger partial charge in [0.15, 0.2) is 17.3 Å². The van der Waals surface area contributed by atoms with Crippen molar-refractivity contribution in [1.82, 2.24) is 0 Å². The van der Waals surface area contributed by atoms with Crippen molar-refractivity contribution >= 4 is 17.3 Å². The summed E-state index contributed by atoms with van der Waals surface area (Å²) in [4.78, 5) is 36.2. The molecule has 0 aromatic rings. The Morgan fingerprint density at radius 3 is 0.750 bits per heavy atom. The molecule has 52 heavy (non-hydrogen) atoms. The van der Waals surface area contributed by atoms with Gasteiger partial charge in [-0.1, -0.05) is 62.3 Å². The van der Waals surface area contributed by atoms with Gasteiger partial charge in [0.1, 0.15) is 0 Å². The number of Topliss-reactive ketones (excluding diaryl/α,β-unsaturated/α-hetero) is 3. The van der Waals surface area contributed by atoms with Gasteiger partial charge in [0.05, 0.1) is 0 Å². The topological polar surface area (TPSA) is 112 Å². The van der Waals surface area contributed by atoms with Crippen molar-refractivity contribution in [3.8, 4) is 0 Å². The van der Waals surface area contributed by atoms with Crippen LogP contribution in [0, 0.1) is 97.2 Å². The third-order valence-electron chi connectivity index (χ3n) is 14.5. The number of fused-ring (bicyclic) bond motifs is 6. The molecule has 16 heteroatoms. The summed E-state index contributed by atoms with van der Waals surface area (Å²) in [5, 5.41) is 27.8. The van der Waals surface area contributed by atoms with E-state index < -0.39 is 120 Å². The Labute approximate surface area is 335 Å². The summed E-state index contributed by atoms with van der Waals surface area (Å²) in [5.41, 5.74) is -5.08. The fourth-order valence-corrected chi connectivity index (χ4v) is 9.88. The van der Waals surface area contributed by atoms with E-state index >= 15 is 0 Å². The van der Waals surface area contributed by atoms with Gasteiger partial charge >= 0.3 is 18.5 Å². The SMILES string of the molecule is CC1(C)[C@@H]2CC[C@@]1(C)C(=O)/C2=C(/O)C(F)(F)F.CC1(C)[C@@H]2CC[C@@]1(C)C(=O)/C2=C(/O)C(F)(F)F.CC1(C)[C@@H]2CC[C@@]1(C)C(=O)/C2=C(/O)C(F)(F)F.[Yb]. The van der Waals surface area contributed by atoms with E-state index in [2.05, 4.69) is 0 Å². The number of hydrogen-bond donors (Lipinski definition) is 3. The average molecular weight is 918 g/mol. The number of halogens is 9. The summed E-state index contributed by atoms with van der Waals surface area (Å²) in [6.45, 7) is 15.9. The Hall–Kier alpha value is -1.48. The van der Waals surface area contributed by atoms with Gasteiger partial charge < -0.3 is 15.3 Å². The van der Waals surface area contributed by atoms with Crippen molar-refractivity contribution in [3.05, 3.63) is 34.0 Å². The quantitative estimate of drug-likeness (QED) is 0.127. The largest absolute Gasteiger partial charge is 0.504 e. The molecule has 6 aliphatic carbocycles. The minimum absolute atomic E-state index is 0. The molecule has 0 aromatic heterocycles. The average Bonchev–Trinajstić information content (AvgIpc) is 3.59. The van der Waals surface area contributed by atoms with E-state index in [1.165, 1.54) is 0 Å². The molecule has 3 N–H and O–H groups in total. The molecule has 6 nitrogen and oxygen atoms in total. The Bertz CT molecular complexity index is 1460. The molecule has 0 amide bonds. The van der Waals surface area contributed by atoms with E-state index in [1.54, 1.807) is 62.3 Å². The van der Waals surface area contributed by atoms with E-state index in [1.807, 2.05) is 0 Å². The number of aliphatic hydroxyl groups excluding tert-OH is 3. The van der Waals surface area contributed by atoms with E-state index in [-0.39, 0.29) is 46.9 Å². The molecule has 6 aliphatic rings. The predicted molar refractivity (Wildman–Crippen MR) is 166 cm³/mol. The summed E-state index contributed by atoms with van der Waals surface area (Å²) in [6, 6.07) is 0. The molecule has 302 valence electrons. The van der Waals surface area contributed by atoms with E-state index in [0.29, 0.717) is 38.5 Å². The van der Waals surface area contributed by atoms with Crippen LogP contribution in [-0.4, -0.2) is 51.2 Å². The molecule has 6 bridgehead atoms. The van der Waals surface area contributed by atoms with Gasteiger partial charge in [-0.25, -0.2) is 0 Å². The number of aliphatic hydroxyl groups is 3. The molecule has 6 atom stereocenters. The summed E-state index contributed by atoms with van der Waals surface area (Å²) >= 11 is 0. The van der Waals surface area contributed by atoms with Gasteiger partial charge in [0, 0.05) is 79.9 Å². The molecular weight excluding hydrogens is 872 g/mol. The number of carbonyl (C=O) groups excluding carboxylic acids is 3. The minimum atomic E-state index is -4.83. The Morgan fingerprint density at radius 2 is 0.635 bits per heavy atom. The van der Waals surface area contributed by atoms with Crippen molar-refractivity contribution in [2.24, 2.45) is 50.2 Å². The second-order valence-corrected chi connectivity index (χ2v) is 17.2. The van der Waals surface area contributed by atoms with Crippen LogP contribution in [0.2, 0.25) is 0 Å². The molecule has 0 spiro atoms. The third-order valence-corrected chi connectivity index (χ3v) is 14.5. The summed E-state index contributed by atoms with van der Waals surface area (Å²) in [6.07, 6.45) is -11.1. The van der Waals surface area contributed by atoms with Crippen LogP contribution in [-0.2, 0) is 14.4 Å². The number of carbonyl (C=O) groups is 3. The number of alkyl halides is 9. The molecule has 0 heterocycles. The molecule has 6 rings (SSSR count). The minimum Gasteiger partial charge on any atom is -0.504 e. The normalized spacial score (nSPS) is 38.0. The summed E-state index contributed by atoms with van der Waals surface area (Å²) in [5.74, 6) is -8.13. The molecule has 0 unspecified atom stereocenters. The molecule has 6 fully saturated rings. The van der Waals surface area contributed by atoms with Crippen LogP contribution in [0.1, 0.15) is 101 Å². The van der Waals surface area contributed by atoms with Crippen molar-refractivity contribution in [3.63, 3.8) is 0 Å². The van der Waals surface area contributed by atoms with Crippen LogP contribution in [0.4, 0.5) is 39.5 Å². The fraction of sp³-hybridized carbons (Fsp3) is 0.750. The van der Waals surface area contributed by atoms with Crippen LogP contribution in [0.5, 0.6) is 0 Å². The zero-order chi connectivity index (χ0) is 39.7. The maximum absolute atomic E-state index is 12.5. The maximum atomic E-state index is 12.5. The van der Waals surface area contributed by atoms with Crippen molar-refractivity contribution in [2.45, 2.75) is 119 Å². The van der Waals surface area contributed by atoms with Crippen LogP contribution in [0.25, 0.3) is 0 Å². The predicted octanol–water partition coefficient (Wildman–Crippen LogP) is 10.2. The van der Waals surface area contributed by atoms with Crippen LogP contribution < -0.4 is 0 Å². The van der Waals surface area contributed by atoms with Crippen LogP contribution >= 0.6 is 0 Å². The third kappa shape index (κ3) is 6.15. The number of allylic oxidation sites excluding steroid dienone is 6. The van der Waals surface area contributed by atoms with Gasteiger partial charge in [-0.3, -0.25) is 14.4 Å². The van der Waals surface area contributed by atoms with Gasteiger partial charge in [-0.15, -0.1) is 0 Å². The standard InChI is InChI=1S/3C12H15F3O2.Yb/c3*1-10(2)6-4-5-11(10,3)8(16)7(6)9(17)12(13,14)15;/h3*6,17H,4-5H2,1-3H3;/b3*9-7+;/t3*6-,11+;/m111./s1. The van der Waals surface area contributed by atoms with E-state index in [0.717, 1.165) is 0 Å². The zero-order valence-electron chi connectivity index (χ0n) is 30.2. The first-order chi connectivity index (χ1) is 22.6. The van der Waals surface area contributed by atoms with Gasteiger partial charge in [0.25, 0.3) is 0 Å². The molecule has 6 saturated carbocycles. The van der Waals surface area contributed by atoms with Crippen molar-refractivity contribution < 1.29 is 116 Å². The second kappa shape index (κ2) is 13.0. The Morgan fingerprint density at radius 1 is 0.462 bits per heavy atom. The molecule has 0 aromatic carbocycles. The first kappa shape index (κ1) is 44.9. The molecule has 0 radical (unpaired) electrons. The summed E-state index contributed by atoms with van der Waals surface area (Å²) in [7, 11) is 0. The fourth-order valence-electron chi connectivity index (χ4n) is 9.88. The van der Waals surface area contributed by atoms with Gasteiger partial charge in [-0.2, -0.15) is 39.5 Å². The number of rotatable bonds is 0. The van der Waals surface area contributed by atoms with Crippen LogP contribution in [0.15, 0.2) is 34.0 Å². The van der Waals surface area contributed by atoms with Crippen molar-refractivity contribution in [1.29, 1.82) is 0 Å². The van der Waals surface area contributed by atoms with Crippen LogP contribution in [0.3, 0.4) is 0 Å². The Balaban J connectivity index is 0.000000208. The number of hydrogen-bond acceptors (Lipinski definition) is 6. The Kier molecular flexibility index (Phi) is 11.3. The van der Waals surface area contributed by atoms with Crippen molar-refractivity contribution in [2.75, 3.05) is 0 Å². The van der Waals surface area contributed by atoms with Gasteiger partial charge in [0.2, 0.25) is 17.3 Å². The molecular formula is C36H45F9O6Yb. The summed E-state index contributed by atoms with van der Waals surface area (Å²) < 4.78 is 113. The van der Waals surface area contributed by atoms with E-state index in [9.17, 15) is 69.2 Å². The smallest absolute Gasteiger partial charge is 0.449 e.